The van der Waals surface area contributed by atoms with Gasteiger partial charge in [-0.3, -0.25) is 4.79 Å². The summed E-state index contributed by atoms with van der Waals surface area (Å²) in [7, 11) is 0. The highest BCUT2D eigenvalue weighted by molar-refractivity contribution is 5.87. The molecule has 1 amide bonds. The highest BCUT2D eigenvalue weighted by Gasteiger charge is 2.36. The maximum Gasteiger partial charge on any atom is 0.333 e. The van der Waals surface area contributed by atoms with Crippen molar-refractivity contribution >= 4 is 11.9 Å². The van der Waals surface area contributed by atoms with Crippen LogP contribution in [-0.4, -0.2) is 23.5 Å². The van der Waals surface area contributed by atoms with Gasteiger partial charge in [-0.25, -0.2) is 4.79 Å². The van der Waals surface area contributed by atoms with E-state index < -0.39 is 11.5 Å². The van der Waals surface area contributed by atoms with Crippen LogP contribution in [0.25, 0.3) is 0 Å². The molecule has 4 N–H and O–H groups in total. The predicted molar refractivity (Wildman–Crippen MR) is 72.5 cm³/mol. The summed E-state index contributed by atoms with van der Waals surface area (Å²) in [5, 5.41) is 12.0. The van der Waals surface area contributed by atoms with Gasteiger partial charge in [0.05, 0.1) is 0 Å². The summed E-state index contributed by atoms with van der Waals surface area (Å²) in [4.78, 5) is 23.2. The van der Waals surface area contributed by atoms with Gasteiger partial charge < -0.3 is 16.2 Å². The molecule has 19 heavy (non-hydrogen) atoms. The first-order chi connectivity index (χ1) is 9.00. The van der Waals surface area contributed by atoms with Gasteiger partial charge in [0.25, 0.3) is 0 Å². The maximum absolute atomic E-state index is 11.8. The molecule has 1 aromatic rings. The van der Waals surface area contributed by atoms with Gasteiger partial charge in [-0.2, -0.15) is 0 Å². The van der Waals surface area contributed by atoms with Gasteiger partial charge in [-0.05, 0) is 31.9 Å². The van der Waals surface area contributed by atoms with Crippen LogP contribution in [0.1, 0.15) is 31.7 Å². The highest BCUT2D eigenvalue weighted by Crippen LogP contribution is 2.21. The zero-order chi connectivity index (χ0) is 14.3. The molecule has 1 unspecified atom stereocenters. The van der Waals surface area contributed by atoms with E-state index in [1.165, 1.54) is 6.92 Å². The summed E-state index contributed by atoms with van der Waals surface area (Å²) in [5.41, 5.74) is 4.50. The first-order valence-electron chi connectivity index (χ1n) is 6.30. The van der Waals surface area contributed by atoms with Gasteiger partial charge >= 0.3 is 5.97 Å². The molecule has 0 aliphatic carbocycles. The molecule has 0 saturated carbocycles. The molecule has 0 heterocycles. The number of amides is 1. The van der Waals surface area contributed by atoms with Crippen molar-refractivity contribution in [1.29, 1.82) is 0 Å². The minimum atomic E-state index is -1.40. The van der Waals surface area contributed by atoms with Crippen molar-refractivity contribution < 1.29 is 14.7 Å². The lowest BCUT2D eigenvalue weighted by molar-refractivity contribution is -0.147. The molecule has 0 radical (unpaired) electrons. The Hall–Kier alpha value is -1.88. The lowest BCUT2D eigenvalue weighted by Gasteiger charge is -2.26. The van der Waals surface area contributed by atoms with Crippen LogP contribution in [0, 0.1) is 0 Å². The van der Waals surface area contributed by atoms with Crippen LogP contribution >= 0.6 is 0 Å². The Morgan fingerprint density at radius 2 is 1.89 bits per heavy atom. The van der Waals surface area contributed by atoms with E-state index in [4.69, 9.17) is 5.73 Å². The third kappa shape index (κ3) is 4.06. The number of nitrogens with two attached hydrogens (primary N) is 1. The molecule has 5 nitrogen and oxygen atoms in total. The Labute approximate surface area is 112 Å². The van der Waals surface area contributed by atoms with Crippen molar-refractivity contribution in [3.63, 3.8) is 0 Å². The van der Waals surface area contributed by atoms with Gasteiger partial charge in [0, 0.05) is 6.42 Å². The minimum Gasteiger partial charge on any atom is -0.479 e. The molecule has 0 saturated heterocycles. The molecule has 0 aromatic heterocycles. The monoisotopic (exact) mass is 264 g/mol. The number of rotatable bonds is 7. The molecular weight excluding hydrogens is 244 g/mol. The quantitative estimate of drug-likeness (QED) is 0.646. The number of benzene rings is 1. The lowest BCUT2D eigenvalue weighted by Crippen LogP contribution is -2.49. The fourth-order valence-electron chi connectivity index (χ4n) is 1.79. The third-order valence-electron chi connectivity index (χ3n) is 3.03. The van der Waals surface area contributed by atoms with Crippen LogP contribution < -0.4 is 11.1 Å². The lowest BCUT2D eigenvalue weighted by atomic mass is 9.92. The number of carboxylic acid groups (broad SMARTS) is 1. The normalized spacial score (nSPS) is 13.6. The second-order valence-corrected chi connectivity index (χ2v) is 4.59. The number of hydrogen-bond acceptors (Lipinski definition) is 3. The van der Waals surface area contributed by atoms with Gasteiger partial charge in [0.15, 0.2) is 5.54 Å². The Kier molecular flexibility index (Phi) is 5.51. The SMILES string of the molecule is CC(NC(=O)CCCCN)(C(=O)O)c1ccccc1. The number of carboxylic acids is 1. The van der Waals surface area contributed by atoms with E-state index in [0.717, 1.165) is 6.42 Å². The van der Waals surface area contributed by atoms with Crippen molar-refractivity contribution in [2.45, 2.75) is 31.7 Å². The summed E-state index contributed by atoms with van der Waals surface area (Å²) >= 11 is 0. The zero-order valence-electron chi connectivity index (χ0n) is 11.1. The molecule has 1 aromatic carbocycles. The maximum atomic E-state index is 11.8. The average Bonchev–Trinajstić information content (AvgIpc) is 2.39. The van der Waals surface area contributed by atoms with E-state index >= 15 is 0 Å². The summed E-state index contributed by atoms with van der Waals surface area (Å²) < 4.78 is 0. The van der Waals surface area contributed by atoms with E-state index in [1.807, 2.05) is 0 Å². The van der Waals surface area contributed by atoms with Crippen LogP contribution in [0.4, 0.5) is 0 Å². The molecule has 0 aliphatic rings. The molecule has 104 valence electrons. The summed E-state index contributed by atoms with van der Waals surface area (Å²) in [6, 6.07) is 8.67. The number of aliphatic carboxylic acids is 1. The summed E-state index contributed by atoms with van der Waals surface area (Å²) in [5.74, 6) is -1.35. The largest absolute Gasteiger partial charge is 0.479 e. The van der Waals surface area contributed by atoms with E-state index in [0.29, 0.717) is 18.5 Å². The van der Waals surface area contributed by atoms with Crippen molar-refractivity contribution in [2.24, 2.45) is 5.73 Å². The van der Waals surface area contributed by atoms with Gasteiger partial charge in [0.2, 0.25) is 5.91 Å². The van der Waals surface area contributed by atoms with Crippen molar-refractivity contribution in [2.75, 3.05) is 6.54 Å². The van der Waals surface area contributed by atoms with E-state index in [1.54, 1.807) is 30.3 Å². The molecule has 1 rings (SSSR count). The molecule has 0 fully saturated rings. The van der Waals surface area contributed by atoms with E-state index in [9.17, 15) is 14.7 Å². The smallest absolute Gasteiger partial charge is 0.333 e. The van der Waals surface area contributed by atoms with Gasteiger partial charge in [0.1, 0.15) is 0 Å². The highest BCUT2D eigenvalue weighted by atomic mass is 16.4. The third-order valence-corrected chi connectivity index (χ3v) is 3.03. The van der Waals surface area contributed by atoms with Gasteiger partial charge in [-0.15, -0.1) is 0 Å². The van der Waals surface area contributed by atoms with Crippen LogP contribution in [0.15, 0.2) is 30.3 Å². The van der Waals surface area contributed by atoms with Crippen molar-refractivity contribution in [1.82, 2.24) is 5.32 Å². The van der Waals surface area contributed by atoms with Gasteiger partial charge in [-0.1, -0.05) is 30.3 Å². The minimum absolute atomic E-state index is 0.276. The molecule has 1 atom stereocenters. The van der Waals surface area contributed by atoms with Crippen LogP contribution in [0.3, 0.4) is 0 Å². The standard InChI is InChI=1S/C14H20N2O3/c1-14(13(18)19,11-7-3-2-4-8-11)16-12(17)9-5-6-10-15/h2-4,7-8H,5-6,9-10,15H2,1H3,(H,16,17)(H,18,19). The van der Waals surface area contributed by atoms with Crippen LogP contribution in [0.5, 0.6) is 0 Å². The Morgan fingerprint density at radius 1 is 1.26 bits per heavy atom. The molecule has 0 bridgehead atoms. The molecular formula is C14H20N2O3. The first-order valence-corrected chi connectivity index (χ1v) is 6.30. The topological polar surface area (TPSA) is 92.4 Å². The fraction of sp³-hybridized carbons (Fsp3) is 0.429. The van der Waals surface area contributed by atoms with Crippen LogP contribution in [-0.2, 0) is 15.1 Å². The van der Waals surface area contributed by atoms with E-state index in [2.05, 4.69) is 5.32 Å². The number of hydrogen-bond donors (Lipinski definition) is 3. The summed E-state index contributed by atoms with van der Waals surface area (Å²) in [6.45, 7) is 2.02. The Morgan fingerprint density at radius 3 is 2.42 bits per heavy atom. The number of carbonyl (C=O) groups excluding carboxylic acids is 1. The summed E-state index contributed by atoms with van der Waals surface area (Å²) in [6.07, 6.45) is 1.70. The second-order valence-electron chi connectivity index (χ2n) is 4.59. The van der Waals surface area contributed by atoms with Crippen LogP contribution in [0.2, 0.25) is 0 Å². The van der Waals surface area contributed by atoms with Crippen molar-refractivity contribution in [3.8, 4) is 0 Å². The van der Waals surface area contributed by atoms with E-state index in [-0.39, 0.29) is 12.3 Å². The zero-order valence-corrected chi connectivity index (χ0v) is 11.1. The van der Waals surface area contributed by atoms with Crippen molar-refractivity contribution in [3.05, 3.63) is 35.9 Å². The second kappa shape index (κ2) is 6.89. The molecule has 5 heteroatoms. The first kappa shape index (κ1) is 15.2. The number of unbranched alkanes of at least 4 members (excludes halogenated alkanes) is 1. The Bertz CT molecular complexity index is 434. The predicted octanol–water partition coefficient (Wildman–Crippen LogP) is 1.23. The average molecular weight is 264 g/mol. The fourth-order valence-corrected chi connectivity index (χ4v) is 1.79. The number of carbonyl (C=O) groups is 2. The number of nitrogens with one attached hydrogen (secondary N) is 1. The molecule has 0 spiro atoms. The Balaban J connectivity index is 2.78. The molecule has 0 aliphatic heterocycles.